The molecule has 2 aromatic heterocycles. The molecule has 0 spiro atoms. The number of nitrogens with zero attached hydrogens (tertiary/aromatic N) is 3. The van der Waals surface area contributed by atoms with E-state index < -0.39 is 0 Å². The van der Waals surface area contributed by atoms with E-state index in [-0.39, 0.29) is 5.91 Å². The van der Waals surface area contributed by atoms with E-state index in [2.05, 4.69) is 15.4 Å². The molecule has 1 aromatic carbocycles. The smallest absolute Gasteiger partial charge is 0.274 e. The average molecular weight is 296 g/mol. The van der Waals surface area contributed by atoms with Crippen LogP contribution < -0.4 is 10.1 Å². The third-order valence-electron chi connectivity index (χ3n) is 3.29. The minimum absolute atomic E-state index is 0.266. The molecule has 0 atom stereocenters. The van der Waals surface area contributed by atoms with Crippen LogP contribution in [0.15, 0.2) is 36.4 Å². The number of methoxy groups -OCH3 is 1. The van der Waals surface area contributed by atoms with E-state index in [0.717, 1.165) is 11.4 Å². The van der Waals surface area contributed by atoms with Gasteiger partial charge in [0, 0.05) is 23.5 Å². The molecule has 3 rings (SSSR count). The molecule has 0 saturated carbocycles. The number of amides is 1. The molecule has 0 radical (unpaired) electrons. The normalized spacial score (nSPS) is 10.7. The van der Waals surface area contributed by atoms with Crippen LogP contribution in [0.25, 0.3) is 5.65 Å². The van der Waals surface area contributed by atoms with Crippen molar-refractivity contribution in [3.8, 4) is 5.75 Å². The summed E-state index contributed by atoms with van der Waals surface area (Å²) < 4.78 is 6.86. The molecule has 3 aromatic rings. The molecule has 0 saturated heterocycles. The SMILES string of the molecule is COc1cccc(NC(=O)c2cc(C)n3nc(C)cc3n2)c1. The van der Waals surface area contributed by atoms with E-state index in [1.807, 2.05) is 32.0 Å². The number of nitrogens with one attached hydrogen (secondary N) is 1. The lowest BCUT2D eigenvalue weighted by molar-refractivity contribution is 0.102. The first-order chi connectivity index (χ1) is 10.6. The molecular formula is C16H16N4O2. The van der Waals surface area contributed by atoms with Crippen molar-refractivity contribution in [3.05, 3.63) is 53.5 Å². The van der Waals surface area contributed by atoms with Gasteiger partial charge in [-0.3, -0.25) is 4.79 Å². The standard InChI is InChI=1S/C16H16N4O2/c1-10-7-15-18-14(8-11(2)20(15)19-10)16(21)17-12-5-4-6-13(9-12)22-3/h4-9H,1-3H3,(H,17,21). The first kappa shape index (κ1) is 14.1. The van der Waals surface area contributed by atoms with Gasteiger partial charge in [-0.15, -0.1) is 0 Å². The third kappa shape index (κ3) is 2.63. The molecule has 1 N–H and O–H groups in total. The zero-order chi connectivity index (χ0) is 15.7. The highest BCUT2D eigenvalue weighted by molar-refractivity contribution is 6.03. The summed E-state index contributed by atoms with van der Waals surface area (Å²) >= 11 is 0. The van der Waals surface area contributed by atoms with Crippen LogP contribution in [0.1, 0.15) is 21.9 Å². The van der Waals surface area contributed by atoms with Crippen molar-refractivity contribution in [1.29, 1.82) is 0 Å². The minimum atomic E-state index is -0.266. The zero-order valence-corrected chi connectivity index (χ0v) is 12.6. The summed E-state index contributed by atoms with van der Waals surface area (Å²) in [5.41, 5.74) is 3.39. The lowest BCUT2D eigenvalue weighted by Crippen LogP contribution is -2.15. The Morgan fingerprint density at radius 2 is 2.05 bits per heavy atom. The highest BCUT2D eigenvalue weighted by atomic mass is 16.5. The summed E-state index contributed by atoms with van der Waals surface area (Å²) in [6, 6.07) is 10.8. The Morgan fingerprint density at radius 3 is 2.82 bits per heavy atom. The number of benzene rings is 1. The fourth-order valence-electron chi connectivity index (χ4n) is 2.25. The lowest BCUT2D eigenvalue weighted by atomic mass is 10.2. The second-order valence-electron chi connectivity index (χ2n) is 5.02. The van der Waals surface area contributed by atoms with Crippen molar-refractivity contribution in [3.63, 3.8) is 0 Å². The molecule has 0 fully saturated rings. The number of fused-ring (bicyclic) bond motifs is 1. The van der Waals surface area contributed by atoms with Gasteiger partial charge in [-0.1, -0.05) is 6.07 Å². The minimum Gasteiger partial charge on any atom is -0.497 e. The van der Waals surface area contributed by atoms with E-state index in [0.29, 0.717) is 22.8 Å². The summed E-state index contributed by atoms with van der Waals surface area (Å²) in [5.74, 6) is 0.418. The quantitative estimate of drug-likeness (QED) is 0.806. The number of rotatable bonds is 3. The molecule has 1 amide bonds. The monoisotopic (exact) mass is 296 g/mol. The highest BCUT2D eigenvalue weighted by Crippen LogP contribution is 2.17. The van der Waals surface area contributed by atoms with Crippen LogP contribution in [0.3, 0.4) is 0 Å². The summed E-state index contributed by atoms with van der Waals surface area (Å²) in [6.45, 7) is 3.79. The predicted molar refractivity (Wildman–Crippen MR) is 83.4 cm³/mol. The van der Waals surface area contributed by atoms with Gasteiger partial charge in [-0.2, -0.15) is 5.10 Å². The van der Waals surface area contributed by atoms with Gasteiger partial charge in [0.2, 0.25) is 0 Å². The Balaban J connectivity index is 1.91. The first-order valence-corrected chi connectivity index (χ1v) is 6.86. The van der Waals surface area contributed by atoms with E-state index in [1.54, 1.807) is 29.8 Å². The van der Waals surface area contributed by atoms with E-state index in [1.165, 1.54) is 0 Å². The first-order valence-electron chi connectivity index (χ1n) is 6.86. The van der Waals surface area contributed by atoms with Gasteiger partial charge < -0.3 is 10.1 Å². The van der Waals surface area contributed by atoms with Crippen LogP contribution in [0.5, 0.6) is 5.75 Å². The maximum atomic E-state index is 12.4. The maximum absolute atomic E-state index is 12.4. The van der Waals surface area contributed by atoms with Gasteiger partial charge in [0.25, 0.3) is 5.91 Å². The van der Waals surface area contributed by atoms with Crippen LogP contribution in [0.4, 0.5) is 5.69 Å². The van der Waals surface area contributed by atoms with Crippen LogP contribution >= 0.6 is 0 Å². The molecule has 22 heavy (non-hydrogen) atoms. The Labute approximate surface area is 127 Å². The van der Waals surface area contributed by atoms with Crippen molar-refractivity contribution in [1.82, 2.24) is 14.6 Å². The second kappa shape index (κ2) is 5.48. The van der Waals surface area contributed by atoms with Crippen molar-refractivity contribution in [2.75, 3.05) is 12.4 Å². The largest absolute Gasteiger partial charge is 0.497 e. The molecule has 0 unspecified atom stereocenters. The van der Waals surface area contributed by atoms with Crippen molar-refractivity contribution in [2.45, 2.75) is 13.8 Å². The van der Waals surface area contributed by atoms with Crippen LogP contribution in [0, 0.1) is 13.8 Å². The van der Waals surface area contributed by atoms with Crippen LogP contribution in [-0.2, 0) is 0 Å². The molecular weight excluding hydrogens is 280 g/mol. The number of carbonyl (C=O) groups excluding carboxylic acids is 1. The number of anilines is 1. The molecule has 0 bridgehead atoms. The van der Waals surface area contributed by atoms with E-state index in [4.69, 9.17) is 4.74 Å². The van der Waals surface area contributed by atoms with E-state index >= 15 is 0 Å². The number of hydrogen-bond acceptors (Lipinski definition) is 4. The van der Waals surface area contributed by atoms with Gasteiger partial charge in [-0.25, -0.2) is 9.50 Å². The molecule has 6 heteroatoms. The van der Waals surface area contributed by atoms with Gasteiger partial charge in [0.15, 0.2) is 5.65 Å². The third-order valence-corrected chi connectivity index (χ3v) is 3.29. The summed E-state index contributed by atoms with van der Waals surface area (Å²) in [7, 11) is 1.59. The summed E-state index contributed by atoms with van der Waals surface area (Å²) in [4.78, 5) is 16.7. The highest BCUT2D eigenvalue weighted by Gasteiger charge is 2.12. The Bertz CT molecular complexity index is 854. The van der Waals surface area contributed by atoms with Crippen molar-refractivity contribution >= 4 is 17.2 Å². The fraction of sp³-hybridized carbons (Fsp3) is 0.188. The van der Waals surface area contributed by atoms with Gasteiger partial charge in [-0.05, 0) is 32.0 Å². The molecule has 6 nitrogen and oxygen atoms in total. The summed E-state index contributed by atoms with van der Waals surface area (Å²) in [6.07, 6.45) is 0. The lowest BCUT2D eigenvalue weighted by Gasteiger charge is -2.07. The van der Waals surface area contributed by atoms with Gasteiger partial charge >= 0.3 is 0 Å². The van der Waals surface area contributed by atoms with Gasteiger partial charge in [0.05, 0.1) is 12.8 Å². The number of hydrogen-bond donors (Lipinski definition) is 1. The molecule has 112 valence electrons. The molecule has 0 aliphatic carbocycles. The Morgan fingerprint density at radius 1 is 1.23 bits per heavy atom. The summed E-state index contributed by atoms with van der Waals surface area (Å²) in [5, 5.41) is 7.15. The average Bonchev–Trinajstić information content (AvgIpc) is 2.88. The van der Waals surface area contributed by atoms with Crippen LogP contribution in [-0.4, -0.2) is 27.6 Å². The molecule has 0 aliphatic heterocycles. The topological polar surface area (TPSA) is 68.5 Å². The predicted octanol–water partition coefficient (Wildman–Crippen LogP) is 2.61. The number of ether oxygens (including phenoxy) is 1. The van der Waals surface area contributed by atoms with Crippen molar-refractivity contribution in [2.24, 2.45) is 0 Å². The molecule has 2 heterocycles. The zero-order valence-electron chi connectivity index (χ0n) is 12.6. The van der Waals surface area contributed by atoms with Crippen molar-refractivity contribution < 1.29 is 9.53 Å². The van der Waals surface area contributed by atoms with Crippen LogP contribution in [0.2, 0.25) is 0 Å². The fourth-order valence-corrected chi connectivity index (χ4v) is 2.25. The second-order valence-corrected chi connectivity index (χ2v) is 5.02. The van der Waals surface area contributed by atoms with E-state index in [9.17, 15) is 4.79 Å². The van der Waals surface area contributed by atoms with Gasteiger partial charge in [0.1, 0.15) is 11.4 Å². The number of aromatic nitrogens is 3. The number of aryl methyl sites for hydroxylation is 2. The maximum Gasteiger partial charge on any atom is 0.274 e. The Hall–Kier alpha value is -2.89. The Kier molecular flexibility index (Phi) is 3.50. The molecule has 0 aliphatic rings. The number of carbonyl (C=O) groups is 1.